The molecule has 0 radical (unpaired) electrons. The lowest BCUT2D eigenvalue weighted by Gasteiger charge is -2.17. The van der Waals surface area contributed by atoms with E-state index in [4.69, 9.17) is 9.47 Å². The Morgan fingerprint density at radius 3 is 2.36 bits per heavy atom. The van der Waals surface area contributed by atoms with Gasteiger partial charge in [0.05, 0.1) is 13.2 Å². The summed E-state index contributed by atoms with van der Waals surface area (Å²) >= 11 is 0. The summed E-state index contributed by atoms with van der Waals surface area (Å²) in [5, 5.41) is 7.11. The minimum atomic E-state index is -3.14. The Hall–Kier alpha value is -2.84. The molecular formula is C19H23F2N3O4. The molecule has 152 valence electrons. The number of benzene rings is 1. The largest absolute Gasteiger partial charge is 0.461 e. The van der Waals surface area contributed by atoms with Gasteiger partial charge in [-0.1, -0.05) is 35.5 Å². The van der Waals surface area contributed by atoms with E-state index < -0.39 is 42.2 Å². The van der Waals surface area contributed by atoms with Crippen molar-refractivity contribution in [1.29, 1.82) is 0 Å². The van der Waals surface area contributed by atoms with Crippen molar-refractivity contribution in [2.75, 3.05) is 13.2 Å². The van der Waals surface area contributed by atoms with Gasteiger partial charge in [0.1, 0.15) is 6.54 Å². The number of alkyl halides is 2. The Morgan fingerprint density at radius 1 is 1.07 bits per heavy atom. The molecule has 0 saturated heterocycles. The summed E-state index contributed by atoms with van der Waals surface area (Å²) < 4.78 is 39.3. The fourth-order valence-corrected chi connectivity index (χ4v) is 2.66. The van der Waals surface area contributed by atoms with Crippen LogP contribution in [0.25, 0.3) is 0 Å². The number of aryl methyl sites for hydroxylation is 1. The molecule has 2 rings (SSSR count). The normalized spacial score (nSPS) is 11.3. The molecule has 1 aromatic carbocycles. The Bertz CT molecular complexity index is 794. The summed E-state index contributed by atoms with van der Waals surface area (Å²) in [6.07, 6.45) is 0.358. The van der Waals surface area contributed by atoms with E-state index >= 15 is 0 Å². The minimum Gasteiger partial charge on any atom is -0.461 e. The maximum Gasteiger partial charge on any atom is 0.361 e. The third kappa shape index (κ3) is 5.83. The summed E-state index contributed by atoms with van der Waals surface area (Å²) in [7, 11) is 0. The molecule has 0 fully saturated rings. The number of esters is 2. The van der Waals surface area contributed by atoms with E-state index in [2.05, 4.69) is 10.3 Å². The molecule has 7 nitrogen and oxygen atoms in total. The van der Waals surface area contributed by atoms with Gasteiger partial charge < -0.3 is 9.47 Å². The zero-order valence-electron chi connectivity index (χ0n) is 15.9. The van der Waals surface area contributed by atoms with E-state index in [-0.39, 0.29) is 19.6 Å². The summed E-state index contributed by atoms with van der Waals surface area (Å²) in [6, 6.07) is 9.32. The second kappa shape index (κ2) is 9.91. The lowest BCUT2D eigenvalue weighted by molar-refractivity contribution is -0.0303. The Labute approximate surface area is 161 Å². The highest BCUT2D eigenvalue weighted by atomic mass is 19.3. The van der Waals surface area contributed by atoms with Crippen molar-refractivity contribution in [2.24, 2.45) is 0 Å². The molecule has 0 amide bonds. The first-order valence-electron chi connectivity index (χ1n) is 9.07. The smallest absolute Gasteiger partial charge is 0.361 e. The van der Waals surface area contributed by atoms with Gasteiger partial charge in [-0.25, -0.2) is 23.1 Å². The molecule has 1 aromatic heterocycles. The molecule has 1 heterocycles. The monoisotopic (exact) mass is 395 g/mol. The maximum absolute atomic E-state index is 14.4. The number of halogens is 2. The van der Waals surface area contributed by atoms with E-state index in [9.17, 15) is 18.4 Å². The highest BCUT2D eigenvalue weighted by Crippen LogP contribution is 2.25. The highest BCUT2D eigenvalue weighted by Gasteiger charge is 2.35. The third-order valence-corrected chi connectivity index (χ3v) is 3.90. The van der Waals surface area contributed by atoms with Crippen molar-refractivity contribution in [1.82, 2.24) is 15.0 Å². The number of carbonyl (C=O) groups is 2. The molecule has 0 spiro atoms. The summed E-state index contributed by atoms with van der Waals surface area (Å²) in [5.74, 6) is -5.00. The van der Waals surface area contributed by atoms with E-state index in [1.807, 2.05) is 30.3 Å². The van der Waals surface area contributed by atoms with Gasteiger partial charge >= 0.3 is 11.9 Å². The van der Waals surface area contributed by atoms with Crippen molar-refractivity contribution in [3.05, 3.63) is 47.3 Å². The van der Waals surface area contributed by atoms with E-state index in [0.29, 0.717) is 11.1 Å². The quantitative estimate of drug-likeness (QED) is 0.574. The van der Waals surface area contributed by atoms with Gasteiger partial charge in [-0.15, -0.1) is 5.10 Å². The zero-order valence-corrected chi connectivity index (χ0v) is 15.9. The van der Waals surface area contributed by atoms with Gasteiger partial charge in [0.25, 0.3) is 5.92 Å². The molecule has 0 unspecified atom stereocenters. The Balaban J connectivity index is 2.11. The van der Waals surface area contributed by atoms with Gasteiger partial charge in [0.2, 0.25) is 5.69 Å². The number of carbonyl (C=O) groups excluding carboxylic acids is 2. The molecule has 28 heavy (non-hydrogen) atoms. The van der Waals surface area contributed by atoms with Crippen LogP contribution in [0, 0.1) is 0 Å². The van der Waals surface area contributed by atoms with Crippen LogP contribution in [0.1, 0.15) is 53.2 Å². The van der Waals surface area contributed by atoms with Gasteiger partial charge in [0.15, 0.2) is 5.69 Å². The standard InChI is InChI=1S/C19H23F2N3O4/c1-3-27-17(25)15-16(18(26)28-4-2)24(23-22-15)13-19(20,21)12-8-11-14-9-6-5-7-10-14/h5-7,9-10H,3-4,8,11-13H2,1-2H3. The van der Waals surface area contributed by atoms with Gasteiger partial charge in [0, 0.05) is 6.42 Å². The predicted octanol–water partition coefficient (Wildman–Crippen LogP) is 3.29. The van der Waals surface area contributed by atoms with Crippen LogP contribution in [0.15, 0.2) is 30.3 Å². The van der Waals surface area contributed by atoms with Crippen LogP contribution in [0.4, 0.5) is 8.78 Å². The Morgan fingerprint density at radius 2 is 1.71 bits per heavy atom. The van der Waals surface area contributed by atoms with Gasteiger partial charge in [-0.2, -0.15) is 0 Å². The first kappa shape index (κ1) is 21.5. The van der Waals surface area contributed by atoms with Crippen molar-refractivity contribution in [2.45, 2.75) is 45.6 Å². The molecule has 2 aromatic rings. The summed E-state index contributed by atoms with van der Waals surface area (Å²) in [6.45, 7) is 2.31. The molecule has 0 aliphatic rings. The van der Waals surface area contributed by atoms with Crippen LogP contribution in [0.2, 0.25) is 0 Å². The third-order valence-electron chi connectivity index (χ3n) is 3.90. The first-order valence-corrected chi connectivity index (χ1v) is 9.07. The van der Waals surface area contributed by atoms with Crippen molar-refractivity contribution >= 4 is 11.9 Å². The molecule has 0 aliphatic heterocycles. The number of aromatic nitrogens is 3. The van der Waals surface area contributed by atoms with Crippen LogP contribution in [-0.4, -0.2) is 46.1 Å². The molecule has 0 atom stereocenters. The van der Waals surface area contributed by atoms with Crippen molar-refractivity contribution in [3.63, 3.8) is 0 Å². The maximum atomic E-state index is 14.4. The number of nitrogens with zero attached hydrogens (tertiary/aromatic N) is 3. The fraction of sp³-hybridized carbons (Fsp3) is 0.474. The molecule has 0 bridgehead atoms. The van der Waals surface area contributed by atoms with E-state index in [1.165, 1.54) is 0 Å². The molecule has 0 saturated carbocycles. The lowest BCUT2D eigenvalue weighted by atomic mass is 10.1. The number of hydrogen-bond acceptors (Lipinski definition) is 6. The van der Waals surface area contributed by atoms with Crippen LogP contribution < -0.4 is 0 Å². The van der Waals surface area contributed by atoms with Crippen LogP contribution in [0.5, 0.6) is 0 Å². The number of ether oxygens (including phenoxy) is 2. The van der Waals surface area contributed by atoms with E-state index in [1.54, 1.807) is 13.8 Å². The van der Waals surface area contributed by atoms with Crippen molar-refractivity contribution < 1.29 is 27.8 Å². The van der Waals surface area contributed by atoms with Crippen LogP contribution in [0.3, 0.4) is 0 Å². The van der Waals surface area contributed by atoms with E-state index in [0.717, 1.165) is 5.56 Å². The predicted molar refractivity (Wildman–Crippen MR) is 96.3 cm³/mol. The van der Waals surface area contributed by atoms with Gasteiger partial charge in [-0.05, 0) is 32.3 Å². The minimum absolute atomic E-state index is 0.0136. The van der Waals surface area contributed by atoms with Gasteiger partial charge in [-0.3, -0.25) is 0 Å². The fourth-order valence-electron chi connectivity index (χ4n) is 2.66. The number of rotatable bonds is 10. The molecule has 0 aliphatic carbocycles. The average Bonchev–Trinajstić information content (AvgIpc) is 3.06. The SMILES string of the molecule is CCOC(=O)c1nnn(CC(F)(F)CCCc2ccccc2)c1C(=O)OCC. The second-order valence-electron chi connectivity index (χ2n) is 6.08. The number of hydrogen-bond donors (Lipinski definition) is 0. The topological polar surface area (TPSA) is 83.3 Å². The average molecular weight is 395 g/mol. The molecular weight excluding hydrogens is 372 g/mol. The lowest BCUT2D eigenvalue weighted by Crippen LogP contribution is -2.28. The van der Waals surface area contributed by atoms with Crippen molar-refractivity contribution in [3.8, 4) is 0 Å². The van der Waals surface area contributed by atoms with Crippen LogP contribution in [-0.2, 0) is 22.4 Å². The molecule has 0 N–H and O–H groups in total. The molecule has 9 heteroatoms. The van der Waals surface area contributed by atoms with Crippen LogP contribution >= 0.6 is 0 Å². The highest BCUT2D eigenvalue weighted by molar-refractivity contribution is 6.00. The summed E-state index contributed by atoms with van der Waals surface area (Å²) in [5.41, 5.74) is 0.110. The second-order valence-corrected chi connectivity index (χ2v) is 6.08. The first-order chi connectivity index (χ1) is 13.4. The summed E-state index contributed by atoms with van der Waals surface area (Å²) in [4.78, 5) is 24.1. The Kier molecular flexibility index (Phi) is 7.60. The zero-order chi connectivity index (χ0) is 20.6.